The number of anilines is 1. The molecule has 0 saturated carbocycles. The second-order valence-corrected chi connectivity index (χ2v) is 7.89. The second kappa shape index (κ2) is 8.25. The van der Waals surface area contributed by atoms with E-state index in [1.807, 2.05) is 34.5 Å². The third-order valence-electron chi connectivity index (χ3n) is 4.85. The van der Waals surface area contributed by atoms with Gasteiger partial charge in [-0.25, -0.2) is 9.67 Å². The molecule has 140 valence electrons. The van der Waals surface area contributed by atoms with Gasteiger partial charge in [-0.3, -0.25) is 4.90 Å². The molecule has 5 nitrogen and oxygen atoms in total. The molecule has 0 spiro atoms. The Morgan fingerprint density at radius 2 is 2.07 bits per heavy atom. The van der Waals surface area contributed by atoms with Crippen LogP contribution in [0.3, 0.4) is 0 Å². The Labute approximate surface area is 168 Å². The SMILES string of the molecule is Cc1c(C=CCN2CCN(c3cccc(Cl)c3)CC2)cnn1-c1nccs1. The lowest BCUT2D eigenvalue weighted by Crippen LogP contribution is -2.46. The number of halogens is 1. The van der Waals surface area contributed by atoms with Crippen LogP contribution in [0.4, 0.5) is 5.69 Å². The topological polar surface area (TPSA) is 37.2 Å². The van der Waals surface area contributed by atoms with E-state index >= 15 is 0 Å². The molecule has 0 atom stereocenters. The largest absolute Gasteiger partial charge is 0.369 e. The summed E-state index contributed by atoms with van der Waals surface area (Å²) < 4.78 is 1.90. The zero-order valence-electron chi connectivity index (χ0n) is 15.3. The average molecular weight is 400 g/mol. The maximum absolute atomic E-state index is 6.11. The lowest BCUT2D eigenvalue weighted by Gasteiger charge is -2.35. The van der Waals surface area contributed by atoms with Crippen LogP contribution in [-0.4, -0.2) is 52.4 Å². The van der Waals surface area contributed by atoms with E-state index in [0.717, 1.165) is 54.1 Å². The lowest BCUT2D eigenvalue weighted by molar-refractivity contribution is 0.284. The van der Waals surface area contributed by atoms with Crippen molar-refractivity contribution in [1.82, 2.24) is 19.7 Å². The fraction of sp³-hybridized carbons (Fsp3) is 0.300. The predicted octanol–water partition coefficient (Wildman–Crippen LogP) is 4.13. The highest BCUT2D eigenvalue weighted by molar-refractivity contribution is 7.12. The third-order valence-corrected chi connectivity index (χ3v) is 5.84. The van der Waals surface area contributed by atoms with Gasteiger partial charge in [0.2, 0.25) is 5.13 Å². The molecule has 2 aromatic heterocycles. The van der Waals surface area contributed by atoms with E-state index in [4.69, 9.17) is 11.6 Å². The fourth-order valence-corrected chi connectivity index (χ4v) is 4.12. The summed E-state index contributed by atoms with van der Waals surface area (Å²) in [5.41, 5.74) is 3.47. The molecule has 0 bridgehead atoms. The Kier molecular flexibility index (Phi) is 5.57. The summed E-state index contributed by atoms with van der Waals surface area (Å²) >= 11 is 7.70. The number of piperazine rings is 1. The molecule has 0 radical (unpaired) electrons. The molecule has 0 N–H and O–H groups in total. The van der Waals surface area contributed by atoms with Crippen LogP contribution in [0.5, 0.6) is 0 Å². The molecule has 4 rings (SSSR count). The molecular weight excluding hydrogens is 378 g/mol. The fourth-order valence-electron chi connectivity index (χ4n) is 3.29. The number of thiazole rings is 1. The first-order chi connectivity index (χ1) is 13.2. The van der Waals surface area contributed by atoms with Crippen LogP contribution < -0.4 is 4.90 Å². The van der Waals surface area contributed by atoms with Crippen LogP contribution in [0.15, 0.2) is 48.1 Å². The van der Waals surface area contributed by atoms with Crippen molar-refractivity contribution in [3.8, 4) is 5.13 Å². The van der Waals surface area contributed by atoms with Gasteiger partial charge in [-0.2, -0.15) is 5.10 Å². The number of nitrogens with zero attached hydrogens (tertiary/aromatic N) is 5. The van der Waals surface area contributed by atoms with Crippen molar-refractivity contribution >= 4 is 34.7 Å². The number of rotatable bonds is 5. The van der Waals surface area contributed by atoms with Gasteiger partial charge in [0, 0.05) is 60.6 Å². The van der Waals surface area contributed by atoms with E-state index in [9.17, 15) is 0 Å². The molecule has 1 aromatic carbocycles. The van der Waals surface area contributed by atoms with E-state index in [0.29, 0.717) is 0 Å². The minimum atomic E-state index is 0.798. The van der Waals surface area contributed by atoms with E-state index in [1.165, 1.54) is 5.69 Å². The van der Waals surface area contributed by atoms with Gasteiger partial charge >= 0.3 is 0 Å². The van der Waals surface area contributed by atoms with Crippen LogP contribution in [0.2, 0.25) is 5.02 Å². The van der Waals surface area contributed by atoms with Crippen molar-refractivity contribution in [3.63, 3.8) is 0 Å². The van der Waals surface area contributed by atoms with Crippen LogP contribution in [0, 0.1) is 6.92 Å². The first-order valence-corrected chi connectivity index (χ1v) is 10.3. The number of benzene rings is 1. The van der Waals surface area contributed by atoms with Gasteiger partial charge in [0.1, 0.15) is 0 Å². The highest BCUT2D eigenvalue weighted by Crippen LogP contribution is 2.21. The maximum atomic E-state index is 6.11. The molecule has 3 heterocycles. The Morgan fingerprint density at radius 3 is 2.81 bits per heavy atom. The van der Waals surface area contributed by atoms with Crippen molar-refractivity contribution in [3.05, 3.63) is 64.4 Å². The summed E-state index contributed by atoms with van der Waals surface area (Å²) in [6.07, 6.45) is 8.10. The summed E-state index contributed by atoms with van der Waals surface area (Å²) in [7, 11) is 0. The zero-order chi connectivity index (χ0) is 18.6. The van der Waals surface area contributed by atoms with Gasteiger partial charge in [0.05, 0.1) is 11.9 Å². The normalized spacial score (nSPS) is 15.7. The number of hydrogen-bond donors (Lipinski definition) is 0. The summed E-state index contributed by atoms with van der Waals surface area (Å²) in [5.74, 6) is 0. The monoisotopic (exact) mass is 399 g/mol. The summed E-state index contributed by atoms with van der Waals surface area (Å²) in [6.45, 7) is 7.18. The second-order valence-electron chi connectivity index (χ2n) is 6.58. The van der Waals surface area contributed by atoms with Crippen LogP contribution in [0.1, 0.15) is 11.3 Å². The quantitative estimate of drug-likeness (QED) is 0.646. The van der Waals surface area contributed by atoms with Crippen molar-refractivity contribution in [2.75, 3.05) is 37.6 Å². The minimum Gasteiger partial charge on any atom is -0.369 e. The van der Waals surface area contributed by atoms with E-state index in [-0.39, 0.29) is 0 Å². The van der Waals surface area contributed by atoms with Gasteiger partial charge in [0.15, 0.2) is 0 Å². The molecule has 1 fully saturated rings. The molecule has 27 heavy (non-hydrogen) atoms. The first kappa shape index (κ1) is 18.2. The molecule has 1 saturated heterocycles. The van der Waals surface area contributed by atoms with E-state index in [2.05, 4.69) is 45.0 Å². The highest BCUT2D eigenvalue weighted by Gasteiger charge is 2.16. The van der Waals surface area contributed by atoms with Crippen LogP contribution >= 0.6 is 22.9 Å². The van der Waals surface area contributed by atoms with Crippen molar-refractivity contribution < 1.29 is 0 Å². The van der Waals surface area contributed by atoms with Crippen molar-refractivity contribution in [2.45, 2.75) is 6.92 Å². The summed E-state index contributed by atoms with van der Waals surface area (Å²) in [5, 5.41) is 8.13. The van der Waals surface area contributed by atoms with Gasteiger partial charge in [0.25, 0.3) is 0 Å². The molecule has 0 aliphatic carbocycles. The standard InChI is InChI=1S/C20H22ClN5S/c1-16-17(15-23-26(16)20-22-7-13-27-20)4-3-8-24-9-11-25(12-10-24)19-6-2-5-18(21)14-19/h2-7,13-15H,8-12H2,1H3. The Bertz CT molecular complexity index is 910. The van der Waals surface area contributed by atoms with Gasteiger partial charge in [-0.15, -0.1) is 11.3 Å². The minimum absolute atomic E-state index is 0.798. The molecule has 0 unspecified atom stereocenters. The first-order valence-electron chi connectivity index (χ1n) is 9.04. The van der Waals surface area contributed by atoms with Gasteiger partial charge < -0.3 is 4.90 Å². The molecule has 3 aromatic rings. The molecule has 1 aliphatic rings. The summed E-state index contributed by atoms with van der Waals surface area (Å²) in [6, 6.07) is 8.11. The number of aromatic nitrogens is 3. The molecular formula is C20H22ClN5S. The van der Waals surface area contributed by atoms with E-state index in [1.54, 1.807) is 17.5 Å². The maximum Gasteiger partial charge on any atom is 0.210 e. The zero-order valence-corrected chi connectivity index (χ0v) is 16.8. The third kappa shape index (κ3) is 4.24. The van der Waals surface area contributed by atoms with Crippen molar-refractivity contribution in [2.24, 2.45) is 0 Å². The van der Waals surface area contributed by atoms with Crippen LogP contribution in [-0.2, 0) is 0 Å². The Balaban J connectivity index is 1.31. The molecule has 1 aliphatic heterocycles. The Morgan fingerprint density at radius 1 is 1.22 bits per heavy atom. The van der Waals surface area contributed by atoms with E-state index < -0.39 is 0 Å². The number of hydrogen-bond acceptors (Lipinski definition) is 5. The lowest BCUT2D eigenvalue weighted by atomic mass is 10.2. The molecule has 0 amide bonds. The van der Waals surface area contributed by atoms with Gasteiger partial charge in [-0.1, -0.05) is 29.8 Å². The highest BCUT2D eigenvalue weighted by atomic mass is 35.5. The Hall–Kier alpha value is -2.15. The van der Waals surface area contributed by atoms with Crippen molar-refractivity contribution in [1.29, 1.82) is 0 Å². The van der Waals surface area contributed by atoms with Crippen LogP contribution in [0.25, 0.3) is 11.2 Å². The smallest absolute Gasteiger partial charge is 0.210 e. The van der Waals surface area contributed by atoms with Gasteiger partial charge in [-0.05, 0) is 25.1 Å². The average Bonchev–Trinajstić information content (AvgIpc) is 3.33. The summed E-state index contributed by atoms with van der Waals surface area (Å²) in [4.78, 5) is 9.19. The molecule has 7 heteroatoms. The predicted molar refractivity (Wildman–Crippen MR) is 113 cm³/mol.